The first-order valence-electron chi connectivity index (χ1n) is 11.1. The number of rotatable bonds is 8. The van der Waals surface area contributed by atoms with Gasteiger partial charge in [-0.2, -0.15) is 4.98 Å². The topological polar surface area (TPSA) is 91.6 Å². The molecule has 1 fully saturated rings. The van der Waals surface area contributed by atoms with E-state index in [-0.39, 0.29) is 18.0 Å². The summed E-state index contributed by atoms with van der Waals surface area (Å²) in [6.07, 6.45) is 2.96. The Hall–Kier alpha value is -2.90. The van der Waals surface area contributed by atoms with Crippen LogP contribution in [0.15, 0.2) is 28.8 Å². The molecule has 3 rings (SSSR count). The summed E-state index contributed by atoms with van der Waals surface area (Å²) in [6, 6.07) is 7.74. The average Bonchev–Trinajstić information content (AvgIpc) is 3.38. The number of urea groups is 1. The number of hydrogen-bond donors (Lipinski definition) is 1. The van der Waals surface area contributed by atoms with E-state index in [1.54, 1.807) is 11.8 Å². The van der Waals surface area contributed by atoms with Crippen LogP contribution in [-0.4, -0.2) is 57.6 Å². The Labute approximate surface area is 184 Å². The van der Waals surface area contributed by atoms with Crippen molar-refractivity contribution in [3.8, 4) is 0 Å². The molecule has 1 aliphatic heterocycles. The first-order chi connectivity index (χ1) is 14.9. The number of likely N-dealkylation sites (tertiary alicyclic amines) is 1. The van der Waals surface area contributed by atoms with Gasteiger partial charge in [0.05, 0.1) is 6.04 Å². The maximum Gasteiger partial charge on any atom is 0.321 e. The lowest BCUT2D eigenvalue weighted by molar-refractivity contribution is -0.130. The molecule has 1 saturated heterocycles. The summed E-state index contributed by atoms with van der Waals surface area (Å²) in [7, 11) is 0. The second-order valence-corrected chi connectivity index (χ2v) is 8.54. The van der Waals surface area contributed by atoms with E-state index in [2.05, 4.69) is 36.2 Å². The van der Waals surface area contributed by atoms with Crippen LogP contribution in [-0.2, 0) is 24.1 Å². The zero-order valence-electron chi connectivity index (χ0n) is 18.9. The van der Waals surface area contributed by atoms with E-state index in [1.165, 1.54) is 5.56 Å². The van der Waals surface area contributed by atoms with Gasteiger partial charge in [-0.1, -0.05) is 38.1 Å². The minimum atomic E-state index is -0.129. The summed E-state index contributed by atoms with van der Waals surface area (Å²) in [6.45, 7) is 9.50. The molecule has 0 saturated carbocycles. The number of hydrogen-bond acceptors (Lipinski definition) is 5. The molecule has 3 amide bonds. The molecule has 0 aliphatic carbocycles. The van der Waals surface area contributed by atoms with Crippen molar-refractivity contribution in [1.29, 1.82) is 0 Å². The van der Waals surface area contributed by atoms with Gasteiger partial charge >= 0.3 is 6.03 Å². The van der Waals surface area contributed by atoms with E-state index >= 15 is 0 Å². The number of nitrogens with one attached hydrogen (secondary N) is 1. The van der Waals surface area contributed by atoms with Gasteiger partial charge in [-0.05, 0) is 36.5 Å². The molecule has 1 N–H and O–H groups in total. The van der Waals surface area contributed by atoms with Gasteiger partial charge < -0.3 is 19.6 Å². The van der Waals surface area contributed by atoms with Crippen molar-refractivity contribution < 1.29 is 14.1 Å². The largest absolute Gasteiger partial charge is 0.339 e. The monoisotopic (exact) mass is 427 g/mol. The van der Waals surface area contributed by atoms with E-state index < -0.39 is 0 Å². The highest BCUT2D eigenvalue weighted by Gasteiger charge is 2.32. The smallest absolute Gasteiger partial charge is 0.321 e. The Morgan fingerprint density at radius 2 is 2.16 bits per heavy atom. The second kappa shape index (κ2) is 10.4. The molecule has 2 aromatic rings. The molecule has 1 aliphatic rings. The molecule has 8 nitrogen and oxygen atoms in total. The number of benzene rings is 1. The van der Waals surface area contributed by atoms with Crippen LogP contribution in [0.25, 0.3) is 0 Å². The summed E-state index contributed by atoms with van der Waals surface area (Å²) in [5, 5.41) is 7.01. The molecule has 0 bridgehead atoms. The second-order valence-electron chi connectivity index (χ2n) is 8.54. The van der Waals surface area contributed by atoms with Crippen molar-refractivity contribution in [2.75, 3.05) is 25.0 Å². The Morgan fingerprint density at radius 1 is 1.35 bits per heavy atom. The number of carbonyl (C=O) groups is 2. The van der Waals surface area contributed by atoms with Crippen molar-refractivity contribution in [3.05, 3.63) is 41.5 Å². The quantitative estimate of drug-likeness (QED) is 0.696. The summed E-state index contributed by atoms with van der Waals surface area (Å²) in [5.41, 5.74) is 1.98. The zero-order valence-corrected chi connectivity index (χ0v) is 18.9. The van der Waals surface area contributed by atoms with Gasteiger partial charge in [0.15, 0.2) is 5.82 Å². The fraction of sp³-hybridized carbons (Fsp3) is 0.565. The van der Waals surface area contributed by atoms with E-state index in [0.717, 1.165) is 24.9 Å². The third kappa shape index (κ3) is 6.29. The molecule has 31 heavy (non-hydrogen) atoms. The number of aromatic nitrogens is 2. The zero-order chi connectivity index (χ0) is 22.4. The lowest BCUT2D eigenvalue weighted by Crippen LogP contribution is -2.43. The normalized spacial score (nSPS) is 16.0. The summed E-state index contributed by atoms with van der Waals surface area (Å²) >= 11 is 0. The summed E-state index contributed by atoms with van der Waals surface area (Å²) in [5.74, 6) is 1.69. The van der Waals surface area contributed by atoms with Crippen LogP contribution in [0.2, 0.25) is 0 Å². The molecule has 0 radical (unpaired) electrons. The fourth-order valence-corrected chi connectivity index (χ4v) is 3.89. The van der Waals surface area contributed by atoms with Crippen molar-refractivity contribution in [3.63, 3.8) is 0 Å². The van der Waals surface area contributed by atoms with Gasteiger partial charge in [0.25, 0.3) is 0 Å². The highest BCUT2D eigenvalue weighted by atomic mass is 16.5. The first-order valence-corrected chi connectivity index (χ1v) is 11.1. The van der Waals surface area contributed by atoms with Gasteiger partial charge in [0, 0.05) is 45.1 Å². The lowest BCUT2D eigenvalue weighted by atomic mass is 10.1. The maximum atomic E-state index is 12.7. The van der Waals surface area contributed by atoms with Gasteiger partial charge in [-0.25, -0.2) is 4.79 Å². The fourth-order valence-electron chi connectivity index (χ4n) is 3.89. The summed E-state index contributed by atoms with van der Waals surface area (Å²) in [4.78, 5) is 33.0. The number of aryl methyl sites for hydroxylation is 1. The van der Waals surface area contributed by atoms with Gasteiger partial charge in [-0.15, -0.1) is 0 Å². The van der Waals surface area contributed by atoms with E-state index in [4.69, 9.17) is 4.52 Å². The number of amides is 3. The highest BCUT2D eigenvalue weighted by molar-refractivity contribution is 5.89. The Kier molecular flexibility index (Phi) is 7.65. The molecule has 8 heteroatoms. The molecule has 1 aromatic carbocycles. The Morgan fingerprint density at radius 3 is 2.87 bits per heavy atom. The van der Waals surface area contributed by atoms with Crippen LogP contribution in [0, 0.1) is 5.92 Å². The number of nitrogens with zero attached hydrogens (tertiary/aromatic N) is 4. The summed E-state index contributed by atoms with van der Waals surface area (Å²) < 4.78 is 5.29. The van der Waals surface area contributed by atoms with Gasteiger partial charge in [0.2, 0.25) is 11.8 Å². The van der Waals surface area contributed by atoms with Crippen LogP contribution in [0.5, 0.6) is 0 Å². The van der Waals surface area contributed by atoms with Crippen molar-refractivity contribution in [2.45, 2.75) is 59.4 Å². The maximum absolute atomic E-state index is 12.7. The molecule has 0 spiro atoms. The molecular formula is C23H33N5O3. The Bertz CT molecular complexity index is 895. The standard InChI is InChI=1S/C23H33N5O3/c1-5-18-7-6-8-19(14-18)24-23(30)27-11-9-20(15-27)28(17(4)29)12-10-21-25-22(31-26-21)13-16(2)3/h6-8,14,16,20H,5,9-13,15H2,1-4H3,(H,24,30). The predicted octanol–water partition coefficient (Wildman–Crippen LogP) is 3.53. The van der Waals surface area contributed by atoms with Crippen LogP contribution in [0.1, 0.15) is 51.4 Å². The highest BCUT2D eigenvalue weighted by Crippen LogP contribution is 2.19. The van der Waals surface area contributed by atoms with Crippen LogP contribution >= 0.6 is 0 Å². The predicted molar refractivity (Wildman–Crippen MR) is 119 cm³/mol. The first kappa shape index (κ1) is 22.8. The third-order valence-corrected chi connectivity index (χ3v) is 5.55. The number of anilines is 1. The Balaban J connectivity index is 1.54. The SMILES string of the molecule is CCc1cccc(NC(=O)N2CCC(N(CCc3noc(CC(C)C)n3)C(C)=O)C2)c1. The van der Waals surface area contributed by atoms with Crippen molar-refractivity contribution in [1.82, 2.24) is 19.9 Å². The van der Waals surface area contributed by atoms with E-state index in [1.807, 2.05) is 29.2 Å². The molecule has 168 valence electrons. The third-order valence-electron chi connectivity index (χ3n) is 5.55. The van der Waals surface area contributed by atoms with Crippen LogP contribution in [0.4, 0.5) is 10.5 Å². The molecule has 2 heterocycles. The van der Waals surface area contributed by atoms with Gasteiger partial charge in [-0.3, -0.25) is 4.79 Å². The van der Waals surface area contributed by atoms with Crippen molar-refractivity contribution in [2.24, 2.45) is 5.92 Å². The molecule has 1 aromatic heterocycles. The molecular weight excluding hydrogens is 394 g/mol. The minimum Gasteiger partial charge on any atom is -0.339 e. The van der Waals surface area contributed by atoms with E-state index in [0.29, 0.717) is 43.7 Å². The van der Waals surface area contributed by atoms with Crippen molar-refractivity contribution >= 4 is 17.6 Å². The number of carbonyl (C=O) groups excluding carboxylic acids is 2. The minimum absolute atomic E-state index is 0.00574. The lowest BCUT2D eigenvalue weighted by Gasteiger charge is -2.27. The van der Waals surface area contributed by atoms with Gasteiger partial charge in [0.1, 0.15) is 0 Å². The van der Waals surface area contributed by atoms with Crippen LogP contribution < -0.4 is 5.32 Å². The molecule has 1 unspecified atom stereocenters. The van der Waals surface area contributed by atoms with E-state index in [9.17, 15) is 9.59 Å². The molecule has 1 atom stereocenters. The average molecular weight is 428 g/mol. The van der Waals surface area contributed by atoms with Crippen LogP contribution in [0.3, 0.4) is 0 Å².